The normalized spacial score (nSPS) is 11.9. The summed E-state index contributed by atoms with van der Waals surface area (Å²) in [7, 11) is -2.63. The van der Waals surface area contributed by atoms with Gasteiger partial charge in [0.15, 0.2) is 0 Å². The lowest BCUT2D eigenvalue weighted by molar-refractivity contribution is -0.139. The zero-order chi connectivity index (χ0) is 28.6. The number of hydrogen-bond acceptors (Lipinski definition) is 6. The Labute approximate surface area is 235 Å². The number of benzene rings is 3. The Morgan fingerprint density at radius 3 is 2.13 bits per heavy atom. The Bertz CT molecular complexity index is 1360. The third-order valence-corrected chi connectivity index (χ3v) is 8.78. The molecule has 1 unspecified atom stereocenters. The van der Waals surface area contributed by atoms with E-state index in [1.165, 1.54) is 35.8 Å². The van der Waals surface area contributed by atoms with E-state index in [1.807, 2.05) is 44.4 Å². The monoisotopic (exact) mass is 569 g/mol. The molecule has 0 spiro atoms. The number of thioether (sulfide) groups is 1. The summed E-state index contributed by atoms with van der Waals surface area (Å²) >= 11 is 1.50. The van der Waals surface area contributed by atoms with E-state index in [0.29, 0.717) is 18.0 Å². The number of amides is 2. The second kappa shape index (κ2) is 13.5. The lowest BCUT2D eigenvalue weighted by atomic mass is 10.1. The molecule has 39 heavy (non-hydrogen) atoms. The largest absolute Gasteiger partial charge is 0.494 e. The van der Waals surface area contributed by atoms with Crippen molar-refractivity contribution in [1.29, 1.82) is 0 Å². The number of ether oxygens (including phenoxy) is 1. The quantitative estimate of drug-likeness (QED) is 0.323. The standard InChI is InChI=1S/C29H35N3O5S2/c1-6-37-25-13-11-24(12-14-25)32(39(35,36)27-17-15-26(38-5)16-18-27)20-28(33)31(22(3)29(34)30-4)19-23-9-7-21(2)8-10-23/h7-18,22H,6,19-20H2,1-5H3,(H,30,34). The summed E-state index contributed by atoms with van der Waals surface area (Å²) in [6.07, 6.45) is 1.91. The predicted molar refractivity (Wildman–Crippen MR) is 156 cm³/mol. The van der Waals surface area contributed by atoms with Gasteiger partial charge in [-0.1, -0.05) is 29.8 Å². The smallest absolute Gasteiger partial charge is 0.264 e. The van der Waals surface area contributed by atoms with Crippen LogP contribution in [0.5, 0.6) is 5.75 Å². The second-order valence-corrected chi connectivity index (χ2v) is 11.7. The Hall–Kier alpha value is -3.50. The summed E-state index contributed by atoms with van der Waals surface area (Å²) in [4.78, 5) is 28.8. The molecule has 0 heterocycles. The molecule has 0 aliphatic heterocycles. The molecule has 2 amide bonds. The number of rotatable bonds is 12. The fraction of sp³-hybridized carbons (Fsp3) is 0.310. The van der Waals surface area contributed by atoms with E-state index < -0.39 is 28.5 Å². The summed E-state index contributed by atoms with van der Waals surface area (Å²) in [5, 5.41) is 2.58. The van der Waals surface area contributed by atoms with Gasteiger partial charge in [0.1, 0.15) is 18.3 Å². The molecule has 0 aliphatic carbocycles. The summed E-state index contributed by atoms with van der Waals surface area (Å²) in [5.41, 5.74) is 2.20. The van der Waals surface area contributed by atoms with Gasteiger partial charge < -0.3 is 15.0 Å². The van der Waals surface area contributed by atoms with Crippen LogP contribution < -0.4 is 14.4 Å². The van der Waals surface area contributed by atoms with Crippen LogP contribution in [0.3, 0.4) is 0 Å². The summed E-state index contributed by atoms with van der Waals surface area (Å²) in [5.74, 6) is -0.271. The molecule has 0 fully saturated rings. The van der Waals surface area contributed by atoms with Gasteiger partial charge in [0, 0.05) is 18.5 Å². The van der Waals surface area contributed by atoms with Gasteiger partial charge in [0.25, 0.3) is 10.0 Å². The van der Waals surface area contributed by atoms with Crippen LogP contribution in [0.2, 0.25) is 0 Å². The Morgan fingerprint density at radius 1 is 0.974 bits per heavy atom. The summed E-state index contributed by atoms with van der Waals surface area (Å²) < 4.78 is 34.4. The zero-order valence-corrected chi connectivity index (χ0v) is 24.5. The Balaban J connectivity index is 2.02. The lowest BCUT2D eigenvalue weighted by Gasteiger charge is -2.31. The van der Waals surface area contributed by atoms with E-state index in [9.17, 15) is 18.0 Å². The van der Waals surface area contributed by atoms with Crippen LogP contribution >= 0.6 is 11.8 Å². The average Bonchev–Trinajstić information content (AvgIpc) is 2.95. The highest BCUT2D eigenvalue weighted by atomic mass is 32.2. The van der Waals surface area contributed by atoms with Crippen molar-refractivity contribution in [2.75, 3.05) is 30.8 Å². The molecular weight excluding hydrogens is 534 g/mol. The minimum absolute atomic E-state index is 0.0615. The Morgan fingerprint density at radius 2 is 1.59 bits per heavy atom. The van der Waals surface area contributed by atoms with Crippen molar-refractivity contribution in [3.05, 3.63) is 83.9 Å². The van der Waals surface area contributed by atoms with Crippen LogP contribution in [0.15, 0.2) is 82.6 Å². The van der Waals surface area contributed by atoms with Gasteiger partial charge in [-0.15, -0.1) is 11.8 Å². The van der Waals surface area contributed by atoms with Crippen molar-refractivity contribution in [2.45, 2.75) is 43.1 Å². The van der Waals surface area contributed by atoms with E-state index in [-0.39, 0.29) is 17.3 Å². The first-order chi connectivity index (χ1) is 18.6. The number of anilines is 1. The van der Waals surface area contributed by atoms with Crippen molar-refractivity contribution in [1.82, 2.24) is 10.2 Å². The lowest BCUT2D eigenvalue weighted by Crippen LogP contribution is -2.50. The molecule has 0 bridgehead atoms. The predicted octanol–water partition coefficient (Wildman–Crippen LogP) is 4.47. The second-order valence-electron chi connectivity index (χ2n) is 8.91. The van der Waals surface area contributed by atoms with E-state index in [2.05, 4.69) is 5.32 Å². The van der Waals surface area contributed by atoms with E-state index in [0.717, 1.165) is 20.3 Å². The highest BCUT2D eigenvalue weighted by molar-refractivity contribution is 7.98. The first kappa shape index (κ1) is 30.0. The minimum Gasteiger partial charge on any atom is -0.494 e. The van der Waals surface area contributed by atoms with Crippen LogP contribution in [0.1, 0.15) is 25.0 Å². The number of sulfonamides is 1. The Kier molecular flexibility index (Phi) is 10.4. The molecular formula is C29H35N3O5S2. The number of nitrogens with zero attached hydrogens (tertiary/aromatic N) is 2. The molecule has 1 N–H and O–H groups in total. The molecule has 8 nitrogen and oxygen atoms in total. The number of likely N-dealkylation sites (N-methyl/N-ethyl adjacent to an activating group) is 1. The average molecular weight is 570 g/mol. The minimum atomic E-state index is -4.13. The van der Waals surface area contributed by atoms with E-state index >= 15 is 0 Å². The van der Waals surface area contributed by atoms with Gasteiger partial charge >= 0.3 is 0 Å². The number of carbonyl (C=O) groups is 2. The highest BCUT2D eigenvalue weighted by Crippen LogP contribution is 2.28. The van der Waals surface area contributed by atoms with Crippen LogP contribution in [-0.2, 0) is 26.2 Å². The van der Waals surface area contributed by atoms with Gasteiger partial charge in [0.05, 0.1) is 17.2 Å². The summed E-state index contributed by atoms with van der Waals surface area (Å²) in [6, 6.07) is 19.9. The fourth-order valence-corrected chi connectivity index (χ4v) is 5.78. The molecule has 208 valence electrons. The van der Waals surface area contributed by atoms with Gasteiger partial charge in [-0.2, -0.15) is 0 Å². The molecule has 0 aliphatic rings. The van der Waals surface area contributed by atoms with E-state index in [4.69, 9.17) is 4.74 Å². The van der Waals surface area contributed by atoms with Crippen LogP contribution in [0, 0.1) is 6.92 Å². The topological polar surface area (TPSA) is 96.0 Å². The van der Waals surface area contributed by atoms with Crippen molar-refractivity contribution in [3.8, 4) is 5.75 Å². The molecule has 0 saturated carbocycles. The van der Waals surface area contributed by atoms with Crippen molar-refractivity contribution in [3.63, 3.8) is 0 Å². The fourth-order valence-electron chi connectivity index (χ4n) is 3.96. The molecule has 3 aromatic rings. The maximum Gasteiger partial charge on any atom is 0.264 e. The van der Waals surface area contributed by atoms with Gasteiger partial charge in [-0.25, -0.2) is 8.42 Å². The molecule has 1 atom stereocenters. The molecule has 0 saturated heterocycles. The molecule has 0 aromatic heterocycles. The molecule has 3 aromatic carbocycles. The van der Waals surface area contributed by atoms with Gasteiger partial charge in [-0.05, 0) is 81.1 Å². The molecule has 10 heteroatoms. The van der Waals surface area contributed by atoms with Crippen molar-refractivity contribution >= 4 is 39.3 Å². The maximum atomic E-state index is 13.9. The van der Waals surface area contributed by atoms with Crippen molar-refractivity contribution < 1.29 is 22.7 Å². The zero-order valence-electron chi connectivity index (χ0n) is 22.9. The maximum absolute atomic E-state index is 13.9. The van der Waals surface area contributed by atoms with Crippen LogP contribution in [0.25, 0.3) is 0 Å². The van der Waals surface area contributed by atoms with E-state index in [1.54, 1.807) is 43.3 Å². The summed E-state index contributed by atoms with van der Waals surface area (Å²) in [6.45, 7) is 5.57. The number of carbonyl (C=O) groups excluding carboxylic acids is 2. The number of nitrogens with one attached hydrogen (secondary N) is 1. The number of aryl methyl sites for hydroxylation is 1. The molecule has 3 rings (SSSR count). The SMILES string of the molecule is CCOc1ccc(N(CC(=O)N(Cc2ccc(C)cc2)C(C)C(=O)NC)S(=O)(=O)c2ccc(SC)cc2)cc1. The first-order valence-electron chi connectivity index (χ1n) is 12.6. The van der Waals surface area contributed by atoms with Gasteiger partial charge in [-0.3, -0.25) is 13.9 Å². The number of hydrogen-bond donors (Lipinski definition) is 1. The van der Waals surface area contributed by atoms with Crippen LogP contribution in [-0.4, -0.2) is 57.6 Å². The van der Waals surface area contributed by atoms with Crippen molar-refractivity contribution in [2.24, 2.45) is 0 Å². The van der Waals surface area contributed by atoms with Gasteiger partial charge in [0.2, 0.25) is 11.8 Å². The molecule has 0 radical (unpaired) electrons. The third kappa shape index (κ3) is 7.54. The third-order valence-electron chi connectivity index (χ3n) is 6.25. The first-order valence-corrected chi connectivity index (χ1v) is 15.2. The highest BCUT2D eigenvalue weighted by Gasteiger charge is 2.32. The van der Waals surface area contributed by atoms with Crippen LogP contribution in [0.4, 0.5) is 5.69 Å².